The molecular formula is C28H27ClN6O2. The van der Waals surface area contributed by atoms with Gasteiger partial charge in [0.15, 0.2) is 0 Å². The van der Waals surface area contributed by atoms with Crippen molar-refractivity contribution >= 4 is 46.0 Å². The first-order valence-electron chi connectivity index (χ1n) is 12.2. The summed E-state index contributed by atoms with van der Waals surface area (Å²) in [5.41, 5.74) is 3.80. The van der Waals surface area contributed by atoms with Crippen molar-refractivity contribution in [2.24, 2.45) is 0 Å². The summed E-state index contributed by atoms with van der Waals surface area (Å²) in [6.45, 7) is 3.00. The Morgan fingerprint density at radius 1 is 1.16 bits per heavy atom. The molecule has 3 heterocycles. The summed E-state index contributed by atoms with van der Waals surface area (Å²) in [7, 11) is 0. The van der Waals surface area contributed by atoms with Gasteiger partial charge in [0.1, 0.15) is 0 Å². The van der Waals surface area contributed by atoms with Gasteiger partial charge in [-0.1, -0.05) is 35.9 Å². The van der Waals surface area contributed by atoms with Gasteiger partial charge in [0, 0.05) is 53.0 Å². The molecule has 1 aliphatic rings. The lowest BCUT2D eigenvalue weighted by molar-refractivity contribution is -0.111. The first-order chi connectivity index (χ1) is 18.0. The molecule has 9 heteroatoms. The fourth-order valence-electron chi connectivity index (χ4n) is 4.57. The summed E-state index contributed by atoms with van der Waals surface area (Å²) < 4.78 is 0. The molecule has 1 aliphatic heterocycles. The highest BCUT2D eigenvalue weighted by Gasteiger charge is 2.25. The van der Waals surface area contributed by atoms with Crippen molar-refractivity contribution in [2.75, 3.05) is 23.7 Å². The molecule has 0 radical (unpaired) electrons. The number of aromatic nitrogens is 3. The lowest BCUT2D eigenvalue weighted by Gasteiger charge is -2.33. The fraction of sp³-hybridized carbons (Fsp3) is 0.214. The second-order valence-electron chi connectivity index (χ2n) is 8.94. The molecule has 0 unspecified atom stereocenters. The van der Waals surface area contributed by atoms with Crippen molar-refractivity contribution in [3.05, 3.63) is 83.7 Å². The minimum absolute atomic E-state index is 0.00841. The van der Waals surface area contributed by atoms with E-state index in [2.05, 4.69) is 20.6 Å². The predicted molar refractivity (Wildman–Crippen MR) is 147 cm³/mol. The number of carbonyl (C=O) groups is 2. The normalized spacial score (nSPS) is 15.7. The van der Waals surface area contributed by atoms with E-state index in [1.807, 2.05) is 35.4 Å². The first-order valence-corrected chi connectivity index (χ1v) is 12.6. The number of allylic oxidation sites excluding steroid dienone is 1. The molecule has 0 saturated carbocycles. The zero-order valence-corrected chi connectivity index (χ0v) is 21.1. The largest absolute Gasteiger partial charge is 0.360 e. The molecule has 0 spiro atoms. The van der Waals surface area contributed by atoms with Crippen LogP contribution in [0.3, 0.4) is 0 Å². The molecule has 188 valence electrons. The van der Waals surface area contributed by atoms with Gasteiger partial charge in [0.2, 0.25) is 11.9 Å². The Bertz CT molecular complexity index is 1460. The molecule has 5 rings (SSSR count). The number of anilines is 2. The van der Waals surface area contributed by atoms with E-state index in [0.29, 0.717) is 41.0 Å². The first kappa shape index (κ1) is 24.5. The summed E-state index contributed by atoms with van der Waals surface area (Å²) in [6.07, 6.45) is 8.40. The molecule has 4 aromatic rings. The van der Waals surface area contributed by atoms with Gasteiger partial charge in [0.25, 0.3) is 5.91 Å². The lowest BCUT2D eigenvalue weighted by Crippen LogP contribution is -2.45. The topological polar surface area (TPSA) is 103 Å². The van der Waals surface area contributed by atoms with E-state index >= 15 is 0 Å². The molecule has 0 bridgehead atoms. The van der Waals surface area contributed by atoms with Gasteiger partial charge in [-0.15, -0.1) is 0 Å². The molecule has 8 nitrogen and oxygen atoms in total. The highest BCUT2D eigenvalue weighted by Crippen LogP contribution is 2.32. The molecule has 1 atom stereocenters. The third-order valence-electron chi connectivity index (χ3n) is 6.35. The Balaban J connectivity index is 1.27. The number of likely N-dealkylation sites (tertiary alicyclic amines) is 1. The van der Waals surface area contributed by atoms with Gasteiger partial charge in [0.05, 0.1) is 16.9 Å². The Kier molecular flexibility index (Phi) is 7.18. The number of aromatic amines is 1. The number of carbonyl (C=O) groups excluding carboxylic acids is 2. The quantitative estimate of drug-likeness (QED) is 0.294. The summed E-state index contributed by atoms with van der Waals surface area (Å²) in [5.74, 6) is 0.225. The van der Waals surface area contributed by atoms with Crippen LogP contribution in [0.2, 0.25) is 5.02 Å². The average molecular weight is 515 g/mol. The fourth-order valence-corrected chi connectivity index (χ4v) is 4.76. The number of nitrogens with zero attached hydrogens (tertiary/aromatic N) is 3. The third kappa shape index (κ3) is 5.49. The van der Waals surface area contributed by atoms with E-state index in [4.69, 9.17) is 16.6 Å². The molecule has 1 saturated heterocycles. The van der Waals surface area contributed by atoms with Crippen molar-refractivity contribution < 1.29 is 9.59 Å². The number of halogens is 1. The lowest BCUT2D eigenvalue weighted by atomic mass is 10.0. The van der Waals surface area contributed by atoms with E-state index in [-0.39, 0.29) is 17.9 Å². The number of H-pyrrole nitrogens is 1. The van der Waals surface area contributed by atoms with Crippen molar-refractivity contribution in [3.8, 4) is 11.3 Å². The number of amides is 2. The van der Waals surface area contributed by atoms with Gasteiger partial charge in [-0.05, 0) is 56.2 Å². The third-order valence-corrected chi connectivity index (χ3v) is 6.62. The SMILES string of the molecule is C/C=C/C(=O)Nc1ccc(C(=O)N2CCC[C@@H](Nc3ncc(Cl)c(-c4c[nH]c5ccccc45)n3)C2)cc1. The smallest absolute Gasteiger partial charge is 0.253 e. The van der Waals surface area contributed by atoms with E-state index in [0.717, 1.165) is 29.3 Å². The maximum Gasteiger partial charge on any atom is 0.253 e. The minimum atomic E-state index is -0.205. The van der Waals surface area contributed by atoms with Crippen LogP contribution in [-0.4, -0.2) is 50.8 Å². The van der Waals surface area contributed by atoms with Crippen molar-refractivity contribution in [3.63, 3.8) is 0 Å². The van der Waals surface area contributed by atoms with Crippen LogP contribution in [0.5, 0.6) is 0 Å². The molecule has 37 heavy (non-hydrogen) atoms. The minimum Gasteiger partial charge on any atom is -0.360 e. The monoisotopic (exact) mass is 514 g/mol. The molecular weight excluding hydrogens is 488 g/mol. The average Bonchev–Trinajstić information content (AvgIpc) is 3.34. The number of para-hydroxylation sites is 1. The summed E-state index contributed by atoms with van der Waals surface area (Å²) in [5, 5.41) is 7.67. The van der Waals surface area contributed by atoms with Gasteiger partial charge >= 0.3 is 0 Å². The van der Waals surface area contributed by atoms with Crippen molar-refractivity contribution in [1.29, 1.82) is 0 Å². The maximum absolute atomic E-state index is 13.2. The molecule has 2 amide bonds. The van der Waals surface area contributed by atoms with E-state index in [1.165, 1.54) is 6.08 Å². The molecule has 2 aromatic heterocycles. The van der Waals surface area contributed by atoms with Crippen LogP contribution >= 0.6 is 11.6 Å². The Morgan fingerprint density at radius 2 is 1.97 bits per heavy atom. The summed E-state index contributed by atoms with van der Waals surface area (Å²) in [4.78, 5) is 39.1. The van der Waals surface area contributed by atoms with E-state index in [1.54, 1.807) is 43.5 Å². The van der Waals surface area contributed by atoms with Crippen LogP contribution in [0.4, 0.5) is 11.6 Å². The molecule has 2 aromatic carbocycles. The van der Waals surface area contributed by atoms with Gasteiger partial charge in [-0.2, -0.15) is 0 Å². The number of benzene rings is 2. The second kappa shape index (κ2) is 10.8. The van der Waals surface area contributed by atoms with Crippen LogP contribution in [0.15, 0.2) is 73.1 Å². The van der Waals surface area contributed by atoms with Gasteiger partial charge in [-0.25, -0.2) is 9.97 Å². The second-order valence-corrected chi connectivity index (χ2v) is 9.35. The van der Waals surface area contributed by atoms with Gasteiger partial charge < -0.3 is 20.5 Å². The van der Waals surface area contributed by atoms with Crippen molar-refractivity contribution in [1.82, 2.24) is 19.9 Å². The van der Waals surface area contributed by atoms with Crippen LogP contribution < -0.4 is 10.6 Å². The number of fused-ring (bicyclic) bond motifs is 1. The van der Waals surface area contributed by atoms with E-state index in [9.17, 15) is 9.59 Å². The van der Waals surface area contributed by atoms with Gasteiger partial charge in [-0.3, -0.25) is 9.59 Å². The summed E-state index contributed by atoms with van der Waals surface area (Å²) in [6, 6.07) is 15.0. The number of piperidine rings is 1. The maximum atomic E-state index is 13.2. The predicted octanol–water partition coefficient (Wildman–Crippen LogP) is 5.51. The Hall–Kier alpha value is -4.17. The molecule has 1 fully saturated rings. The number of hydrogen-bond donors (Lipinski definition) is 3. The number of hydrogen-bond acceptors (Lipinski definition) is 5. The van der Waals surface area contributed by atoms with Crippen LogP contribution in [0, 0.1) is 0 Å². The van der Waals surface area contributed by atoms with E-state index < -0.39 is 0 Å². The molecule has 0 aliphatic carbocycles. The Morgan fingerprint density at radius 3 is 2.78 bits per heavy atom. The zero-order valence-electron chi connectivity index (χ0n) is 20.4. The zero-order chi connectivity index (χ0) is 25.8. The number of nitrogens with one attached hydrogen (secondary N) is 3. The van der Waals surface area contributed by atoms with Crippen LogP contribution in [0.25, 0.3) is 22.2 Å². The standard InChI is InChI=1S/C28H27ClN6O2/c1-2-6-25(36)32-19-12-10-18(11-13-19)27(37)35-14-5-7-20(17-35)33-28-31-16-23(29)26(34-28)22-15-30-24-9-4-3-8-21(22)24/h2-4,6,8-13,15-16,20,30H,5,7,14,17H2,1H3,(H,32,36)(H,31,33,34)/b6-2+/t20-/m1/s1. The van der Waals surface area contributed by atoms with Crippen molar-refractivity contribution in [2.45, 2.75) is 25.8 Å². The highest BCUT2D eigenvalue weighted by molar-refractivity contribution is 6.33. The molecule has 3 N–H and O–H groups in total. The highest BCUT2D eigenvalue weighted by atomic mass is 35.5. The number of rotatable bonds is 6. The van der Waals surface area contributed by atoms with Crippen LogP contribution in [-0.2, 0) is 4.79 Å². The summed E-state index contributed by atoms with van der Waals surface area (Å²) >= 11 is 6.47. The van der Waals surface area contributed by atoms with Crippen LogP contribution in [0.1, 0.15) is 30.1 Å². The Labute approximate surface area is 219 Å².